The van der Waals surface area contributed by atoms with Gasteiger partial charge in [0, 0.05) is 5.69 Å². The minimum absolute atomic E-state index is 0.0480. The van der Waals surface area contributed by atoms with Gasteiger partial charge < -0.3 is 14.4 Å². The van der Waals surface area contributed by atoms with Gasteiger partial charge in [-0.05, 0) is 18.1 Å². The van der Waals surface area contributed by atoms with Gasteiger partial charge in [0.2, 0.25) is 5.91 Å². The quantitative estimate of drug-likeness (QED) is 0.630. The highest BCUT2D eigenvalue weighted by Gasteiger charge is 2.67. The molecule has 2 fully saturated rings. The van der Waals surface area contributed by atoms with Crippen LogP contribution in [0.3, 0.4) is 0 Å². The van der Waals surface area contributed by atoms with E-state index in [2.05, 4.69) is 6.92 Å². The van der Waals surface area contributed by atoms with Crippen LogP contribution in [0.25, 0.3) is 0 Å². The van der Waals surface area contributed by atoms with Crippen LogP contribution in [0.1, 0.15) is 12.5 Å². The van der Waals surface area contributed by atoms with E-state index in [9.17, 15) is 9.59 Å². The van der Waals surface area contributed by atoms with Gasteiger partial charge in [0.15, 0.2) is 0 Å². The van der Waals surface area contributed by atoms with E-state index >= 15 is 0 Å². The molecule has 120 valence electrons. The molecule has 3 aliphatic heterocycles. The van der Waals surface area contributed by atoms with Crippen LogP contribution < -0.4 is 4.90 Å². The van der Waals surface area contributed by atoms with Crippen molar-refractivity contribution in [3.8, 4) is 0 Å². The monoisotopic (exact) mass is 313 g/mol. The molecule has 4 rings (SSSR count). The van der Waals surface area contributed by atoms with Crippen molar-refractivity contribution < 1.29 is 19.1 Å². The topological polar surface area (TPSA) is 55.8 Å². The fraction of sp³-hybridized carbons (Fsp3) is 0.444. The van der Waals surface area contributed by atoms with Crippen molar-refractivity contribution in [1.82, 2.24) is 0 Å². The van der Waals surface area contributed by atoms with E-state index in [1.807, 2.05) is 36.4 Å². The summed E-state index contributed by atoms with van der Waals surface area (Å²) >= 11 is 0. The molecule has 1 amide bonds. The zero-order valence-electron chi connectivity index (χ0n) is 13.2. The number of aryl methyl sites for hydroxylation is 1. The van der Waals surface area contributed by atoms with Gasteiger partial charge in [0.25, 0.3) is 0 Å². The largest absolute Gasteiger partial charge is 0.469 e. The summed E-state index contributed by atoms with van der Waals surface area (Å²) in [6.07, 6.45) is 4.34. The third-order valence-corrected chi connectivity index (χ3v) is 5.24. The van der Waals surface area contributed by atoms with Gasteiger partial charge in [-0.2, -0.15) is 0 Å². The minimum atomic E-state index is -0.693. The SMILES string of the molecule is CCc1ccccc1N1C[C@]23C=C[C@H](O2)[C@H](C(=O)OC)[C@@H]3C1=O. The Morgan fingerprint density at radius 2 is 2.22 bits per heavy atom. The Morgan fingerprint density at radius 3 is 2.96 bits per heavy atom. The number of amides is 1. The molecule has 2 saturated heterocycles. The molecule has 0 aromatic heterocycles. The van der Waals surface area contributed by atoms with Crippen molar-refractivity contribution in [2.24, 2.45) is 11.8 Å². The summed E-state index contributed by atoms with van der Waals surface area (Å²) in [6, 6.07) is 7.89. The van der Waals surface area contributed by atoms with Gasteiger partial charge in [-0.3, -0.25) is 9.59 Å². The molecule has 1 aromatic rings. The second-order valence-corrected chi connectivity index (χ2v) is 6.33. The first-order valence-electron chi connectivity index (χ1n) is 7.95. The molecule has 0 unspecified atom stereocenters. The molecule has 5 heteroatoms. The van der Waals surface area contributed by atoms with Gasteiger partial charge in [-0.25, -0.2) is 0 Å². The highest BCUT2D eigenvalue weighted by Crippen LogP contribution is 2.53. The summed E-state index contributed by atoms with van der Waals surface area (Å²) in [4.78, 5) is 27.0. The molecule has 3 aliphatic rings. The predicted octanol–water partition coefficient (Wildman–Crippen LogP) is 1.71. The lowest BCUT2D eigenvalue weighted by Crippen LogP contribution is -2.39. The predicted molar refractivity (Wildman–Crippen MR) is 83.9 cm³/mol. The number of ether oxygens (including phenoxy) is 2. The maximum absolute atomic E-state index is 13.1. The summed E-state index contributed by atoms with van der Waals surface area (Å²) < 4.78 is 10.9. The summed E-state index contributed by atoms with van der Waals surface area (Å²) in [5.74, 6) is -1.45. The van der Waals surface area contributed by atoms with Crippen molar-refractivity contribution in [2.75, 3.05) is 18.6 Å². The van der Waals surface area contributed by atoms with Crippen molar-refractivity contribution in [3.63, 3.8) is 0 Å². The molecule has 0 aliphatic carbocycles. The van der Waals surface area contributed by atoms with Crippen LogP contribution in [0.2, 0.25) is 0 Å². The van der Waals surface area contributed by atoms with Gasteiger partial charge in [-0.1, -0.05) is 37.3 Å². The lowest BCUT2D eigenvalue weighted by molar-refractivity contribution is -0.149. The van der Waals surface area contributed by atoms with Crippen LogP contribution in [0, 0.1) is 11.8 Å². The average molecular weight is 313 g/mol. The highest BCUT2D eigenvalue weighted by molar-refractivity contribution is 6.03. The van der Waals surface area contributed by atoms with Gasteiger partial charge in [-0.15, -0.1) is 0 Å². The molecule has 0 radical (unpaired) electrons. The fourth-order valence-electron chi connectivity index (χ4n) is 4.18. The molecular formula is C18H19NO4. The Bertz CT molecular complexity index is 713. The van der Waals surface area contributed by atoms with Gasteiger partial charge >= 0.3 is 5.97 Å². The van der Waals surface area contributed by atoms with Crippen LogP contribution in [-0.4, -0.2) is 37.2 Å². The first-order valence-corrected chi connectivity index (χ1v) is 7.95. The number of nitrogens with zero attached hydrogens (tertiary/aromatic N) is 1. The second kappa shape index (κ2) is 4.93. The van der Waals surface area contributed by atoms with E-state index in [-0.39, 0.29) is 18.0 Å². The summed E-state index contributed by atoms with van der Waals surface area (Å²) in [7, 11) is 1.36. The number of fused-ring (bicyclic) bond motifs is 1. The van der Waals surface area contributed by atoms with Crippen molar-refractivity contribution >= 4 is 17.6 Å². The van der Waals surface area contributed by atoms with Gasteiger partial charge in [0.1, 0.15) is 11.5 Å². The van der Waals surface area contributed by atoms with Crippen LogP contribution >= 0.6 is 0 Å². The number of methoxy groups -OCH3 is 1. The average Bonchev–Trinajstić information content (AvgIpc) is 3.22. The highest BCUT2D eigenvalue weighted by atomic mass is 16.5. The number of hydrogen-bond donors (Lipinski definition) is 0. The Morgan fingerprint density at radius 1 is 1.43 bits per heavy atom. The minimum Gasteiger partial charge on any atom is -0.469 e. The number of benzene rings is 1. The number of carbonyl (C=O) groups is 2. The van der Waals surface area contributed by atoms with Crippen LogP contribution in [0.5, 0.6) is 0 Å². The molecule has 0 N–H and O–H groups in total. The smallest absolute Gasteiger partial charge is 0.312 e. The van der Waals surface area contributed by atoms with E-state index in [1.165, 1.54) is 7.11 Å². The molecule has 5 nitrogen and oxygen atoms in total. The van der Waals surface area contributed by atoms with Crippen molar-refractivity contribution in [1.29, 1.82) is 0 Å². The standard InChI is InChI=1S/C18H19NO4/c1-3-11-6-4-5-7-12(11)19-10-18-9-8-13(23-18)14(17(21)22-2)15(18)16(19)20/h4-9,13-15H,3,10H2,1-2H3/t13-,14-,15+,18-/m0/s1. The van der Waals surface area contributed by atoms with Crippen molar-refractivity contribution in [2.45, 2.75) is 25.0 Å². The fourth-order valence-corrected chi connectivity index (χ4v) is 4.18. The van der Waals surface area contributed by atoms with E-state index < -0.39 is 17.4 Å². The summed E-state index contributed by atoms with van der Waals surface area (Å²) in [6.45, 7) is 2.52. The Labute approximate surface area is 134 Å². The number of esters is 1. The third-order valence-electron chi connectivity index (χ3n) is 5.24. The Balaban J connectivity index is 1.75. The molecule has 4 atom stereocenters. The Hall–Kier alpha value is -2.14. The number of hydrogen-bond acceptors (Lipinski definition) is 4. The summed E-state index contributed by atoms with van der Waals surface area (Å²) in [5, 5.41) is 0. The molecule has 2 bridgehead atoms. The first kappa shape index (κ1) is 14.5. The van der Waals surface area contributed by atoms with Crippen LogP contribution in [0.4, 0.5) is 5.69 Å². The molecular weight excluding hydrogens is 294 g/mol. The van der Waals surface area contributed by atoms with Crippen LogP contribution in [-0.2, 0) is 25.5 Å². The number of para-hydroxylation sites is 1. The van der Waals surface area contributed by atoms with Gasteiger partial charge in [0.05, 0.1) is 25.7 Å². The zero-order chi connectivity index (χ0) is 16.2. The first-order chi connectivity index (χ1) is 11.1. The third kappa shape index (κ3) is 1.83. The maximum atomic E-state index is 13.1. The second-order valence-electron chi connectivity index (χ2n) is 6.33. The van der Waals surface area contributed by atoms with E-state index in [1.54, 1.807) is 4.90 Å². The zero-order valence-corrected chi connectivity index (χ0v) is 13.2. The molecule has 3 heterocycles. The van der Waals surface area contributed by atoms with Crippen LogP contribution in [0.15, 0.2) is 36.4 Å². The van der Waals surface area contributed by atoms with E-state index in [0.717, 1.165) is 17.7 Å². The lowest BCUT2D eigenvalue weighted by atomic mass is 9.77. The number of carbonyl (C=O) groups excluding carboxylic acids is 2. The lowest BCUT2D eigenvalue weighted by Gasteiger charge is -2.23. The molecule has 1 spiro atoms. The summed E-state index contributed by atoms with van der Waals surface area (Å²) in [5.41, 5.74) is 1.33. The molecule has 1 aromatic carbocycles. The van der Waals surface area contributed by atoms with Crippen molar-refractivity contribution in [3.05, 3.63) is 42.0 Å². The molecule has 23 heavy (non-hydrogen) atoms. The normalized spacial score (nSPS) is 34.1. The number of rotatable bonds is 3. The van der Waals surface area contributed by atoms with E-state index in [0.29, 0.717) is 6.54 Å². The molecule has 0 saturated carbocycles. The number of anilines is 1. The Kier molecular flexibility index (Phi) is 3.10. The van der Waals surface area contributed by atoms with E-state index in [4.69, 9.17) is 9.47 Å². The maximum Gasteiger partial charge on any atom is 0.312 e.